The fraction of sp³-hybridized carbons (Fsp3) is 0.750. The molecule has 1 N–H and O–H groups in total. The van der Waals surface area contributed by atoms with E-state index in [1.807, 2.05) is 5.51 Å². The van der Waals surface area contributed by atoms with Gasteiger partial charge in [0, 0.05) is 19.0 Å². The first kappa shape index (κ1) is 13.6. The van der Waals surface area contributed by atoms with E-state index in [4.69, 9.17) is 4.74 Å². The molecule has 1 unspecified atom stereocenters. The molecule has 1 aromatic heterocycles. The second-order valence-corrected chi connectivity index (χ2v) is 4.75. The van der Waals surface area contributed by atoms with Gasteiger partial charge in [0.1, 0.15) is 0 Å². The number of rotatable bonds is 9. The molecule has 0 radical (unpaired) electrons. The largest absolute Gasteiger partial charge is 0.383 e. The van der Waals surface area contributed by atoms with Crippen molar-refractivity contribution >= 4 is 11.3 Å². The molecule has 0 aliphatic carbocycles. The van der Waals surface area contributed by atoms with Crippen LogP contribution in [-0.2, 0) is 11.2 Å². The quantitative estimate of drug-likeness (QED) is 0.675. The summed E-state index contributed by atoms with van der Waals surface area (Å²) < 4.78 is 5.02. The zero-order valence-electron chi connectivity index (χ0n) is 10.2. The highest BCUT2D eigenvalue weighted by molar-refractivity contribution is 7.07. The van der Waals surface area contributed by atoms with Crippen LogP contribution >= 0.6 is 11.3 Å². The van der Waals surface area contributed by atoms with E-state index >= 15 is 0 Å². The summed E-state index contributed by atoms with van der Waals surface area (Å²) in [7, 11) is 1.74. The van der Waals surface area contributed by atoms with Gasteiger partial charge in [-0.2, -0.15) is 0 Å². The molecule has 1 rings (SSSR count). The molecule has 0 bridgehead atoms. The number of hydrogen-bond acceptors (Lipinski definition) is 4. The molecule has 0 aliphatic rings. The van der Waals surface area contributed by atoms with Crippen molar-refractivity contribution in [3.8, 4) is 0 Å². The minimum absolute atomic E-state index is 0.698. The first-order valence-electron chi connectivity index (χ1n) is 5.93. The van der Waals surface area contributed by atoms with Gasteiger partial charge in [0.15, 0.2) is 0 Å². The minimum Gasteiger partial charge on any atom is -0.383 e. The monoisotopic (exact) mass is 242 g/mol. The second kappa shape index (κ2) is 8.67. The Balaban J connectivity index is 2.24. The van der Waals surface area contributed by atoms with Crippen LogP contribution in [0.15, 0.2) is 10.9 Å². The molecule has 0 saturated carbocycles. The van der Waals surface area contributed by atoms with Crippen molar-refractivity contribution in [2.24, 2.45) is 5.92 Å². The predicted molar refractivity (Wildman–Crippen MR) is 69.0 cm³/mol. The van der Waals surface area contributed by atoms with Crippen LogP contribution in [0.5, 0.6) is 0 Å². The fourth-order valence-electron chi connectivity index (χ4n) is 1.80. The first-order chi connectivity index (χ1) is 7.86. The SMILES string of the molecule is CCCC(CNCCOC)Cc1cscn1. The molecule has 0 fully saturated rings. The molecule has 0 amide bonds. The minimum atomic E-state index is 0.698. The van der Waals surface area contributed by atoms with Gasteiger partial charge in [0.25, 0.3) is 0 Å². The lowest BCUT2D eigenvalue weighted by Crippen LogP contribution is -2.27. The summed E-state index contributed by atoms with van der Waals surface area (Å²) in [5, 5.41) is 5.58. The molecule has 4 heteroatoms. The molecular weight excluding hydrogens is 220 g/mol. The van der Waals surface area contributed by atoms with E-state index in [1.54, 1.807) is 18.4 Å². The third-order valence-electron chi connectivity index (χ3n) is 2.59. The van der Waals surface area contributed by atoms with Gasteiger partial charge in [-0.05, 0) is 25.3 Å². The summed E-state index contributed by atoms with van der Waals surface area (Å²) in [5.41, 5.74) is 3.15. The summed E-state index contributed by atoms with van der Waals surface area (Å²) in [4.78, 5) is 4.35. The van der Waals surface area contributed by atoms with Crippen LogP contribution in [0.4, 0.5) is 0 Å². The lowest BCUT2D eigenvalue weighted by molar-refractivity contribution is 0.197. The molecule has 1 aromatic rings. The average molecular weight is 242 g/mol. The average Bonchev–Trinajstić information content (AvgIpc) is 2.77. The third-order valence-corrected chi connectivity index (χ3v) is 3.23. The summed E-state index contributed by atoms with van der Waals surface area (Å²) in [6, 6.07) is 0. The number of ether oxygens (including phenoxy) is 1. The van der Waals surface area contributed by atoms with Gasteiger partial charge in [-0.1, -0.05) is 13.3 Å². The van der Waals surface area contributed by atoms with Gasteiger partial charge in [0.2, 0.25) is 0 Å². The van der Waals surface area contributed by atoms with E-state index in [0.717, 1.165) is 26.1 Å². The van der Waals surface area contributed by atoms with Crippen molar-refractivity contribution in [3.05, 3.63) is 16.6 Å². The van der Waals surface area contributed by atoms with E-state index in [1.165, 1.54) is 18.5 Å². The molecule has 0 saturated heterocycles. The molecule has 3 nitrogen and oxygen atoms in total. The maximum Gasteiger partial charge on any atom is 0.0794 e. The Labute approximate surface area is 102 Å². The molecule has 16 heavy (non-hydrogen) atoms. The Bertz CT molecular complexity index is 252. The summed E-state index contributed by atoms with van der Waals surface area (Å²) in [6.45, 7) is 5.03. The molecule has 0 aromatic carbocycles. The van der Waals surface area contributed by atoms with Crippen molar-refractivity contribution in [2.45, 2.75) is 26.2 Å². The maximum atomic E-state index is 5.02. The smallest absolute Gasteiger partial charge is 0.0794 e. The first-order valence-corrected chi connectivity index (χ1v) is 6.87. The van der Waals surface area contributed by atoms with Gasteiger partial charge in [-0.25, -0.2) is 4.98 Å². The van der Waals surface area contributed by atoms with E-state index in [0.29, 0.717) is 5.92 Å². The Morgan fingerprint density at radius 3 is 3.06 bits per heavy atom. The van der Waals surface area contributed by atoms with Crippen molar-refractivity contribution < 1.29 is 4.74 Å². The Kier molecular flexibility index (Phi) is 7.38. The molecule has 92 valence electrons. The predicted octanol–water partition coefficient (Wildman–Crippen LogP) is 2.34. The normalized spacial score (nSPS) is 12.9. The summed E-state index contributed by atoms with van der Waals surface area (Å²) in [6.07, 6.45) is 3.59. The zero-order chi connectivity index (χ0) is 11.6. The maximum absolute atomic E-state index is 5.02. The van der Waals surface area contributed by atoms with Gasteiger partial charge in [-0.15, -0.1) is 11.3 Å². The van der Waals surface area contributed by atoms with Gasteiger partial charge < -0.3 is 10.1 Å². The lowest BCUT2D eigenvalue weighted by Gasteiger charge is -2.15. The van der Waals surface area contributed by atoms with Gasteiger partial charge >= 0.3 is 0 Å². The number of aromatic nitrogens is 1. The number of thiazole rings is 1. The van der Waals surface area contributed by atoms with Crippen molar-refractivity contribution in [3.63, 3.8) is 0 Å². The molecule has 1 heterocycles. The summed E-state index contributed by atoms with van der Waals surface area (Å²) >= 11 is 1.68. The van der Waals surface area contributed by atoms with E-state index in [9.17, 15) is 0 Å². The number of nitrogens with zero attached hydrogens (tertiary/aromatic N) is 1. The molecular formula is C12H22N2OS. The highest BCUT2D eigenvalue weighted by Crippen LogP contribution is 2.13. The second-order valence-electron chi connectivity index (χ2n) is 4.04. The van der Waals surface area contributed by atoms with Crippen LogP contribution in [0.1, 0.15) is 25.5 Å². The van der Waals surface area contributed by atoms with Crippen LogP contribution in [0.25, 0.3) is 0 Å². The van der Waals surface area contributed by atoms with Crippen LogP contribution in [0, 0.1) is 5.92 Å². The van der Waals surface area contributed by atoms with Crippen LogP contribution < -0.4 is 5.32 Å². The highest BCUT2D eigenvalue weighted by Gasteiger charge is 2.09. The van der Waals surface area contributed by atoms with E-state index < -0.39 is 0 Å². The highest BCUT2D eigenvalue weighted by atomic mass is 32.1. The van der Waals surface area contributed by atoms with Crippen LogP contribution in [-0.4, -0.2) is 31.8 Å². The fourth-order valence-corrected chi connectivity index (χ4v) is 2.37. The molecule has 1 atom stereocenters. The Hall–Kier alpha value is -0.450. The van der Waals surface area contributed by atoms with Crippen molar-refractivity contribution in [2.75, 3.05) is 26.8 Å². The Morgan fingerprint density at radius 2 is 2.44 bits per heavy atom. The standard InChI is InChI=1S/C12H22N2OS/c1-3-4-11(8-13-5-6-15-2)7-12-9-16-10-14-12/h9-11,13H,3-8H2,1-2H3. The lowest BCUT2D eigenvalue weighted by atomic mass is 9.98. The number of hydrogen-bond donors (Lipinski definition) is 1. The van der Waals surface area contributed by atoms with E-state index in [-0.39, 0.29) is 0 Å². The number of methoxy groups -OCH3 is 1. The molecule has 0 spiro atoms. The Morgan fingerprint density at radius 1 is 1.56 bits per heavy atom. The van der Waals surface area contributed by atoms with Crippen LogP contribution in [0.2, 0.25) is 0 Å². The molecule has 0 aliphatic heterocycles. The van der Waals surface area contributed by atoms with Gasteiger partial charge in [-0.3, -0.25) is 0 Å². The topological polar surface area (TPSA) is 34.1 Å². The third kappa shape index (κ3) is 5.58. The van der Waals surface area contributed by atoms with Gasteiger partial charge in [0.05, 0.1) is 17.8 Å². The zero-order valence-corrected chi connectivity index (χ0v) is 11.1. The number of nitrogens with one attached hydrogen (secondary N) is 1. The van der Waals surface area contributed by atoms with Crippen LogP contribution in [0.3, 0.4) is 0 Å². The summed E-state index contributed by atoms with van der Waals surface area (Å²) in [5.74, 6) is 0.698. The van der Waals surface area contributed by atoms with Crippen molar-refractivity contribution in [1.29, 1.82) is 0 Å². The van der Waals surface area contributed by atoms with Crippen molar-refractivity contribution in [1.82, 2.24) is 10.3 Å². The van der Waals surface area contributed by atoms with E-state index in [2.05, 4.69) is 22.6 Å².